The van der Waals surface area contributed by atoms with Gasteiger partial charge in [0.05, 0.1) is 0 Å². The van der Waals surface area contributed by atoms with Crippen LogP contribution in [-0.4, -0.2) is 6.54 Å². The van der Waals surface area contributed by atoms with E-state index in [4.69, 9.17) is 0 Å². The molecule has 0 amide bonds. The highest BCUT2D eigenvalue weighted by molar-refractivity contribution is 5.28. The Morgan fingerprint density at radius 2 is 1.47 bits per heavy atom. The first kappa shape index (κ1) is 13.8. The van der Waals surface area contributed by atoms with Crippen LogP contribution in [0.4, 0.5) is 0 Å². The molecule has 2 aromatic rings. The lowest BCUT2D eigenvalue weighted by molar-refractivity contribution is 0.686. The molecule has 0 aromatic heterocycles. The molecule has 0 saturated heterocycles. The largest absolute Gasteiger partial charge is 0.312 e. The van der Waals surface area contributed by atoms with E-state index >= 15 is 0 Å². The van der Waals surface area contributed by atoms with Gasteiger partial charge < -0.3 is 5.32 Å². The molecule has 2 aromatic carbocycles. The van der Waals surface area contributed by atoms with E-state index in [1.165, 1.54) is 27.8 Å². The minimum absolute atomic E-state index is 0.953. The first-order valence-electron chi connectivity index (χ1n) is 6.97. The van der Waals surface area contributed by atoms with Crippen molar-refractivity contribution in [2.45, 2.75) is 33.7 Å². The van der Waals surface area contributed by atoms with Crippen LogP contribution >= 0.6 is 0 Å². The van der Waals surface area contributed by atoms with Crippen LogP contribution in [0.25, 0.3) is 0 Å². The van der Waals surface area contributed by atoms with Gasteiger partial charge in [0.1, 0.15) is 0 Å². The van der Waals surface area contributed by atoms with Crippen LogP contribution < -0.4 is 5.32 Å². The van der Waals surface area contributed by atoms with E-state index in [1.807, 2.05) is 0 Å². The second-order valence-corrected chi connectivity index (χ2v) is 5.41. The molecule has 0 heterocycles. The number of hydrogen-bond donors (Lipinski definition) is 1. The number of aryl methyl sites for hydroxylation is 3. The molecule has 0 spiro atoms. The van der Waals surface area contributed by atoms with Crippen LogP contribution in [0.2, 0.25) is 0 Å². The van der Waals surface area contributed by atoms with Gasteiger partial charge in [0.15, 0.2) is 0 Å². The van der Waals surface area contributed by atoms with Gasteiger partial charge in [0.2, 0.25) is 0 Å². The zero-order chi connectivity index (χ0) is 13.7. The fourth-order valence-electron chi connectivity index (χ4n) is 2.50. The van der Waals surface area contributed by atoms with Crippen molar-refractivity contribution in [3.63, 3.8) is 0 Å². The third-order valence-electron chi connectivity index (χ3n) is 3.28. The normalized spacial score (nSPS) is 10.7. The molecule has 0 bridgehead atoms. The first-order chi connectivity index (χ1) is 9.13. The van der Waals surface area contributed by atoms with Crippen LogP contribution in [0.15, 0.2) is 42.5 Å². The maximum atomic E-state index is 3.52. The fraction of sp³-hybridized carbons (Fsp3) is 0.333. The molecule has 100 valence electrons. The molecule has 0 aliphatic carbocycles. The summed E-state index contributed by atoms with van der Waals surface area (Å²) in [4.78, 5) is 0. The second kappa shape index (κ2) is 6.53. The summed E-state index contributed by atoms with van der Waals surface area (Å²) >= 11 is 0. The zero-order valence-electron chi connectivity index (χ0n) is 12.2. The molecule has 0 atom stereocenters. The Hall–Kier alpha value is -1.60. The Labute approximate surface area is 116 Å². The van der Waals surface area contributed by atoms with Gasteiger partial charge in [0.25, 0.3) is 0 Å². The van der Waals surface area contributed by atoms with E-state index in [2.05, 4.69) is 68.6 Å². The number of benzene rings is 2. The Bertz CT molecular complexity index is 523. The van der Waals surface area contributed by atoms with E-state index in [0.29, 0.717) is 0 Å². The van der Waals surface area contributed by atoms with Crippen molar-refractivity contribution >= 4 is 0 Å². The van der Waals surface area contributed by atoms with Crippen molar-refractivity contribution in [2.75, 3.05) is 6.54 Å². The molecule has 0 unspecified atom stereocenters. The van der Waals surface area contributed by atoms with E-state index in [-0.39, 0.29) is 0 Å². The number of nitrogens with one attached hydrogen (secondary N) is 1. The predicted octanol–water partition coefficient (Wildman–Crippen LogP) is 3.94. The van der Waals surface area contributed by atoms with Gasteiger partial charge in [-0.25, -0.2) is 0 Å². The van der Waals surface area contributed by atoms with Gasteiger partial charge in [-0.15, -0.1) is 0 Å². The molecular weight excluding hydrogens is 230 g/mol. The van der Waals surface area contributed by atoms with Crippen LogP contribution in [0.3, 0.4) is 0 Å². The quantitative estimate of drug-likeness (QED) is 0.796. The maximum Gasteiger partial charge on any atom is 0.0205 e. The molecule has 2 rings (SSSR count). The van der Waals surface area contributed by atoms with Gasteiger partial charge in [-0.2, -0.15) is 0 Å². The second-order valence-electron chi connectivity index (χ2n) is 5.41. The average Bonchev–Trinajstić information content (AvgIpc) is 2.34. The minimum atomic E-state index is 0.953. The smallest absolute Gasteiger partial charge is 0.0205 e. The van der Waals surface area contributed by atoms with Crippen molar-refractivity contribution in [1.82, 2.24) is 5.32 Å². The minimum Gasteiger partial charge on any atom is -0.312 e. The van der Waals surface area contributed by atoms with Gasteiger partial charge in [0, 0.05) is 6.54 Å². The summed E-state index contributed by atoms with van der Waals surface area (Å²) in [7, 11) is 0. The Morgan fingerprint density at radius 1 is 0.789 bits per heavy atom. The highest BCUT2D eigenvalue weighted by Gasteiger charge is 1.97. The summed E-state index contributed by atoms with van der Waals surface area (Å²) in [6.07, 6.45) is 1.09. The summed E-state index contributed by atoms with van der Waals surface area (Å²) in [5, 5.41) is 3.52. The van der Waals surface area contributed by atoms with Crippen molar-refractivity contribution in [1.29, 1.82) is 0 Å². The highest BCUT2D eigenvalue weighted by Crippen LogP contribution is 2.09. The molecule has 0 fully saturated rings. The SMILES string of the molecule is Cc1cccc(CCNCc2cc(C)cc(C)c2)c1. The topological polar surface area (TPSA) is 12.0 Å². The Balaban J connectivity index is 1.80. The summed E-state index contributed by atoms with van der Waals surface area (Å²) in [6.45, 7) is 8.43. The van der Waals surface area contributed by atoms with E-state index in [0.717, 1.165) is 19.5 Å². The molecule has 1 nitrogen and oxygen atoms in total. The highest BCUT2D eigenvalue weighted by atomic mass is 14.8. The summed E-state index contributed by atoms with van der Waals surface area (Å²) in [5.74, 6) is 0. The summed E-state index contributed by atoms with van der Waals surface area (Å²) in [5.41, 5.74) is 6.81. The van der Waals surface area contributed by atoms with E-state index in [9.17, 15) is 0 Å². The van der Waals surface area contributed by atoms with Crippen molar-refractivity contribution in [3.8, 4) is 0 Å². The Kier molecular flexibility index (Phi) is 4.75. The van der Waals surface area contributed by atoms with Gasteiger partial charge in [-0.1, -0.05) is 59.2 Å². The maximum absolute atomic E-state index is 3.52. The van der Waals surface area contributed by atoms with E-state index in [1.54, 1.807) is 0 Å². The Morgan fingerprint density at radius 3 is 2.16 bits per heavy atom. The van der Waals surface area contributed by atoms with Gasteiger partial charge in [-0.3, -0.25) is 0 Å². The summed E-state index contributed by atoms with van der Waals surface area (Å²) < 4.78 is 0. The average molecular weight is 253 g/mol. The van der Waals surface area contributed by atoms with Crippen molar-refractivity contribution < 1.29 is 0 Å². The monoisotopic (exact) mass is 253 g/mol. The standard InChI is InChI=1S/C18H23N/c1-14-5-4-6-17(10-14)7-8-19-13-18-11-15(2)9-16(3)12-18/h4-6,9-12,19H,7-8,13H2,1-3H3. The molecule has 0 aliphatic heterocycles. The lowest BCUT2D eigenvalue weighted by Crippen LogP contribution is -2.16. The van der Waals surface area contributed by atoms with Crippen molar-refractivity contribution in [3.05, 3.63) is 70.3 Å². The van der Waals surface area contributed by atoms with Gasteiger partial charge in [-0.05, 0) is 44.9 Å². The third kappa shape index (κ3) is 4.53. The van der Waals surface area contributed by atoms with Crippen LogP contribution in [0.5, 0.6) is 0 Å². The number of rotatable bonds is 5. The van der Waals surface area contributed by atoms with Crippen molar-refractivity contribution in [2.24, 2.45) is 0 Å². The lowest BCUT2D eigenvalue weighted by atomic mass is 10.1. The molecule has 1 N–H and O–H groups in total. The fourth-order valence-corrected chi connectivity index (χ4v) is 2.50. The third-order valence-corrected chi connectivity index (χ3v) is 3.28. The molecule has 0 saturated carbocycles. The summed E-state index contributed by atoms with van der Waals surface area (Å²) in [6, 6.07) is 15.5. The first-order valence-corrected chi connectivity index (χ1v) is 6.97. The predicted molar refractivity (Wildman–Crippen MR) is 82.5 cm³/mol. The van der Waals surface area contributed by atoms with Crippen LogP contribution in [0.1, 0.15) is 27.8 Å². The molecule has 0 radical (unpaired) electrons. The molecule has 19 heavy (non-hydrogen) atoms. The molecule has 1 heteroatoms. The van der Waals surface area contributed by atoms with Crippen LogP contribution in [-0.2, 0) is 13.0 Å². The van der Waals surface area contributed by atoms with Gasteiger partial charge >= 0.3 is 0 Å². The molecular formula is C18H23N. The molecule has 0 aliphatic rings. The van der Waals surface area contributed by atoms with E-state index < -0.39 is 0 Å². The zero-order valence-corrected chi connectivity index (χ0v) is 12.2. The van der Waals surface area contributed by atoms with Crippen LogP contribution in [0, 0.1) is 20.8 Å². The lowest BCUT2D eigenvalue weighted by Gasteiger charge is -2.08. The number of hydrogen-bond acceptors (Lipinski definition) is 1.